The van der Waals surface area contributed by atoms with E-state index in [-0.39, 0.29) is 11.3 Å². The summed E-state index contributed by atoms with van der Waals surface area (Å²) in [6.45, 7) is 11.3. The van der Waals surface area contributed by atoms with Crippen LogP contribution in [0.4, 0.5) is 0 Å². The first-order valence-electron chi connectivity index (χ1n) is 4.64. The molecule has 1 amide bonds. The van der Waals surface area contributed by atoms with E-state index in [0.29, 0.717) is 12.3 Å². The molecular formula is C10H21NO. The lowest BCUT2D eigenvalue weighted by Crippen LogP contribution is -2.28. The van der Waals surface area contributed by atoms with Crippen molar-refractivity contribution in [2.24, 2.45) is 11.3 Å². The molecule has 0 heterocycles. The van der Waals surface area contributed by atoms with Crippen molar-refractivity contribution >= 4 is 5.91 Å². The maximum Gasteiger partial charge on any atom is 0.220 e. The fourth-order valence-corrected chi connectivity index (χ4v) is 0.854. The maximum atomic E-state index is 11.2. The zero-order valence-electron chi connectivity index (χ0n) is 8.90. The summed E-state index contributed by atoms with van der Waals surface area (Å²) in [5.41, 5.74) is 0.227. The van der Waals surface area contributed by atoms with Crippen molar-refractivity contribution in [1.82, 2.24) is 5.32 Å². The summed E-state index contributed by atoms with van der Waals surface area (Å²) in [5.74, 6) is 0.601. The first-order chi connectivity index (χ1) is 5.38. The molecule has 0 aliphatic carbocycles. The predicted octanol–water partition coefficient (Wildman–Crippen LogP) is 2.19. The van der Waals surface area contributed by atoms with Gasteiger partial charge in [0, 0.05) is 13.0 Å². The lowest BCUT2D eigenvalue weighted by Gasteiger charge is -2.26. The molecule has 0 rings (SSSR count). The zero-order chi connectivity index (χ0) is 9.78. The normalized spacial score (nSPS) is 14.1. The molecule has 72 valence electrons. The molecule has 0 radical (unpaired) electrons. The number of hydrogen-bond acceptors (Lipinski definition) is 1. The highest BCUT2D eigenvalue weighted by molar-refractivity contribution is 5.76. The van der Waals surface area contributed by atoms with Crippen molar-refractivity contribution in [2.75, 3.05) is 6.54 Å². The molecule has 0 aromatic heterocycles. The predicted molar refractivity (Wildman–Crippen MR) is 51.9 cm³/mol. The summed E-state index contributed by atoms with van der Waals surface area (Å²) in [7, 11) is 0. The van der Waals surface area contributed by atoms with Gasteiger partial charge in [0.05, 0.1) is 0 Å². The van der Waals surface area contributed by atoms with Gasteiger partial charge in [-0.05, 0) is 18.3 Å². The molecular weight excluding hydrogens is 150 g/mol. The van der Waals surface area contributed by atoms with Crippen LogP contribution in [0, 0.1) is 11.3 Å². The zero-order valence-corrected chi connectivity index (χ0v) is 8.90. The average molecular weight is 171 g/mol. The fourth-order valence-electron chi connectivity index (χ4n) is 0.854. The van der Waals surface area contributed by atoms with Gasteiger partial charge in [0.15, 0.2) is 0 Å². The largest absolute Gasteiger partial charge is 0.356 e. The van der Waals surface area contributed by atoms with Crippen LogP contribution in [0.15, 0.2) is 0 Å². The lowest BCUT2D eigenvalue weighted by molar-refractivity contribution is -0.122. The van der Waals surface area contributed by atoms with Crippen LogP contribution in [0.25, 0.3) is 0 Å². The van der Waals surface area contributed by atoms with E-state index >= 15 is 0 Å². The Balaban J connectivity index is 3.84. The first kappa shape index (κ1) is 11.5. The molecule has 0 bridgehead atoms. The van der Waals surface area contributed by atoms with Crippen molar-refractivity contribution in [3.05, 3.63) is 0 Å². The summed E-state index contributed by atoms with van der Waals surface area (Å²) < 4.78 is 0. The molecule has 1 atom stereocenters. The van der Waals surface area contributed by atoms with E-state index in [2.05, 4.69) is 33.0 Å². The van der Waals surface area contributed by atoms with Gasteiger partial charge >= 0.3 is 0 Å². The van der Waals surface area contributed by atoms with Gasteiger partial charge in [-0.1, -0.05) is 27.7 Å². The van der Waals surface area contributed by atoms with E-state index < -0.39 is 0 Å². The highest BCUT2D eigenvalue weighted by Gasteiger charge is 2.21. The van der Waals surface area contributed by atoms with Crippen LogP contribution in [-0.4, -0.2) is 12.5 Å². The molecule has 2 nitrogen and oxygen atoms in total. The molecule has 0 saturated heterocycles. The number of hydrogen-bond donors (Lipinski definition) is 1. The number of amides is 1. The molecule has 0 aliphatic rings. The summed E-state index contributed by atoms with van der Waals surface area (Å²) >= 11 is 0. The molecule has 0 aromatic rings. The van der Waals surface area contributed by atoms with Gasteiger partial charge in [0.2, 0.25) is 5.91 Å². The topological polar surface area (TPSA) is 29.1 Å². The summed E-state index contributed by atoms with van der Waals surface area (Å²) in [5, 5.41) is 2.81. The van der Waals surface area contributed by atoms with Gasteiger partial charge in [0.25, 0.3) is 0 Å². The molecule has 2 heteroatoms. The number of carbonyl (C=O) groups is 1. The van der Waals surface area contributed by atoms with Crippen molar-refractivity contribution in [3.8, 4) is 0 Å². The third kappa shape index (κ3) is 4.37. The maximum absolute atomic E-state index is 11.2. The van der Waals surface area contributed by atoms with Crippen LogP contribution in [0.1, 0.15) is 41.0 Å². The van der Waals surface area contributed by atoms with Crippen LogP contribution in [-0.2, 0) is 4.79 Å². The fraction of sp³-hybridized carbons (Fsp3) is 0.900. The van der Waals surface area contributed by atoms with Gasteiger partial charge in [-0.15, -0.1) is 0 Å². The van der Waals surface area contributed by atoms with Gasteiger partial charge < -0.3 is 5.32 Å². The quantitative estimate of drug-likeness (QED) is 0.693. The number of nitrogens with one attached hydrogen (secondary N) is 1. The molecule has 0 aromatic carbocycles. The molecule has 0 aliphatic heterocycles. The molecule has 0 spiro atoms. The number of carbonyl (C=O) groups excluding carboxylic acids is 1. The van der Waals surface area contributed by atoms with Crippen LogP contribution < -0.4 is 5.32 Å². The Hall–Kier alpha value is -0.530. The Labute approximate surface area is 75.7 Å². The van der Waals surface area contributed by atoms with Gasteiger partial charge in [-0.25, -0.2) is 0 Å². The second-order valence-electron chi connectivity index (χ2n) is 4.42. The van der Waals surface area contributed by atoms with Crippen molar-refractivity contribution in [1.29, 1.82) is 0 Å². The second-order valence-corrected chi connectivity index (χ2v) is 4.42. The van der Waals surface area contributed by atoms with Gasteiger partial charge in [-0.2, -0.15) is 0 Å². The Kier molecular flexibility index (Phi) is 4.29. The SMILES string of the molecule is CCNC(=O)C[C@H](C)C(C)(C)C. The van der Waals surface area contributed by atoms with Crippen molar-refractivity contribution in [3.63, 3.8) is 0 Å². The molecule has 0 unspecified atom stereocenters. The number of rotatable bonds is 3. The smallest absolute Gasteiger partial charge is 0.220 e. The minimum atomic E-state index is 0.167. The van der Waals surface area contributed by atoms with E-state index in [1.54, 1.807) is 0 Å². The van der Waals surface area contributed by atoms with E-state index in [0.717, 1.165) is 6.54 Å². The van der Waals surface area contributed by atoms with Crippen molar-refractivity contribution < 1.29 is 4.79 Å². The second kappa shape index (κ2) is 4.48. The van der Waals surface area contributed by atoms with Crippen LogP contribution >= 0.6 is 0 Å². The first-order valence-corrected chi connectivity index (χ1v) is 4.64. The lowest BCUT2D eigenvalue weighted by atomic mass is 9.80. The summed E-state index contributed by atoms with van der Waals surface area (Å²) in [4.78, 5) is 11.2. The Morgan fingerprint density at radius 3 is 2.25 bits per heavy atom. The average Bonchev–Trinajstić information content (AvgIpc) is 1.85. The minimum Gasteiger partial charge on any atom is -0.356 e. The molecule has 12 heavy (non-hydrogen) atoms. The Morgan fingerprint density at radius 1 is 1.42 bits per heavy atom. The van der Waals surface area contributed by atoms with E-state index in [1.807, 2.05) is 6.92 Å². The Bertz CT molecular complexity index is 146. The van der Waals surface area contributed by atoms with Gasteiger partial charge in [0.1, 0.15) is 0 Å². The Morgan fingerprint density at radius 2 is 1.92 bits per heavy atom. The van der Waals surface area contributed by atoms with E-state index in [4.69, 9.17) is 0 Å². The highest BCUT2D eigenvalue weighted by Crippen LogP contribution is 2.27. The summed E-state index contributed by atoms with van der Waals surface area (Å²) in [6, 6.07) is 0. The minimum absolute atomic E-state index is 0.167. The molecule has 0 fully saturated rings. The highest BCUT2D eigenvalue weighted by atomic mass is 16.1. The molecule has 0 saturated carbocycles. The van der Waals surface area contributed by atoms with Crippen LogP contribution in [0.5, 0.6) is 0 Å². The third-order valence-electron chi connectivity index (χ3n) is 2.34. The van der Waals surface area contributed by atoms with Gasteiger partial charge in [-0.3, -0.25) is 4.79 Å². The van der Waals surface area contributed by atoms with Crippen LogP contribution in [0.3, 0.4) is 0 Å². The van der Waals surface area contributed by atoms with E-state index in [1.165, 1.54) is 0 Å². The van der Waals surface area contributed by atoms with Crippen molar-refractivity contribution in [2.45, 2.75) is 41.0 Å². The summed E-state index contributed by atoms with van der Waals surface area (Å²) in [6.07, 6.45) is 0.636. The molecule has 1 N–H and O–H groups in total. The van der Waals surface area contributed by atoms with E-state index in [9.17, 15) is 4.79 Å². The standard InChI is InChI=1S/C10H21NO/c1-6-11-9(12)7-8(2)10(3,4)5/h8H,6-7H2,1-5H3,(H,11,12)/t8-/m0/s1. The van der Waals surface area contributed by atoms with Crippen LogP contribution in [0.2, 0.25) is 0 Å². The monoisotopic (exact) mass is 171 g/mol. The third-order valence-corrected chi connectivity index (χ3v) is 2.34.